The van der Waals surface area contributed by atoms with Crippen molar-refractivity contribution < 1.29 is 9.59 Å². The second kappa shape index (κ2) is 8.76. The Kier molecular flexibility index (Phi) is 6.42. The molecule has 126 valence electrons. The summed E-state index contributed by atoms with van der Waals surface area (Å²) in [6, 6.07) is 6.79. The van der Waals surface area contributed by atoms with Crippen molar-refractivity contribution in [1.82, 2.24) is 20.8 Å². The van der Waals surface area contributed by atoms with Crippen molar-refractivity contribution in [2.75, 3.05) is 0 Å². The smallest absolute Gasteiger partial charge is 0.267 e. The number of rotatable bonds is 6. The highest BCUT2D eigenvalue weighted by Crippen LogP contribution is 2.06. The van der Waals surface area contributed by atoms with Gasteiger partial charge in [-0.2, -0.15) is 0 Å². The quantitative estimate of drug-likeness (QED) is 0.631. The van der Waals surface area contributed by atoms with Gasteiger partial charge in [-0.15, -0.1) is 0 Å². The molecule has 0 atom stereocenters. The van der Waals surface area contributed by atoms with E-state index in [9.17, 15) is 9.59 Å². The Balaban J connectivity index is 1.87. The molecule has 0 saturated carbocycles. The number of pyridine rings is 2. The van der Waals surface area contributed by atoms with Crippen molar-refractivity contribution in [3.8, 4) is 0 Å². The van der Waals surface area contributed by atoms with Gasteiger partial charge in [-0.05, 0) is 43.5 Å². The van der Waals surface area contributed by atoms with Crippen LogP contribution in [-0.4, -0.2) is 21.8 Å². The summed E-state index contributed by atoms with van der Waals surface area (Å²) in [4.78, 5) is 32.1. The van der Waals surface area contributed by atoms with Crippen LogP contribution in [0.4, 0.5) is 0 Å². The Morgan fingerprint density at radius 2 is 1.83 bits per heavy atom. The van der Waals surface area contributed by atoms with Crippen molar-refractivity contribution in [1.29, 1.82) is 0 Å². The molecule has 2 N–H and O–H groups in total. The molecule has 0 fully saturated rings. The van der Waals surface area contributed by atoms with Gasteiger partial charge in [0.15, 0.2) is 0 Å². The number of nitrogens with zero attached hydrogens (tertiary/aromatic N) is 2. The van der Waals surface area contributed by atoms with Gasteiger partial charge in [-0.3, -0.25) is 30.4 Å². The number of carbonyl (C=O) groups is 2. The van der Waals surface area contributed by atoms with Gasteiger partial charge in [0, 0.05) is 23.7 Å². The fraction of sp³-hybridized carbons (Fsp3) is 0.333. The lowest BCUT2D eigenvalue weighted by atomic mass is 10.1. The lowest BCUT2D eigenvalue weighted by Gasteiger charge is -2.08. The molecule has 6 heteroatoms. The van der Waals surface area contributed by atoms with Crippen LogP contribution in [0.3, 0.4) is 0 Å². The van der Waals surface area contributed by atoms with Crippen molar-refractivity contribution in [3.05, 3.63) is 59.2 Å². The third kappa shape index (κ3) is 5.15. The van der Waals surface area contributed by atoms with E-state index in [1.54, 1.807) is 37.5 Å². The zero-order valence-electron chi connectivity index (χ0n) is 14.0. The highest BCUT2D eigenvalue weighted by molar-refractivity contribution is 5.98. The zero-order valence-corrected chi connectivity index (χ0v) is 14.0. The third-order valence-electron chi connectivity index (χ3n) is 3.57. The van der Waals surface area contributed by atoms with E-state index in [1.165, 1.54) is 12.8 Å². The number of hydrazine groups is 1. The molecule has 2 heterocycles. The fourth-order valence-electron chi connectivity index (χ4n) is 2.22. The molecule has 0 aliphatic heterocycles. The number of aromatic nitrogens is 2. The first-order valence-electron chi connectivity index (χ1n) is 8.08. The fourth-order valence-corrected chi connectivity index (χ4v) is 2.22. The topological polar surface area (TPSA) is 84.0 Å². The molecule has 0 unspecified atom stereocenters. The Labute approximate surface area is 141 Å². The Morgan fingerprint density at radius 1 is 1.04 bits per heavy atom. The van der Waals surface area contributed by atoms with E-state index in [4.69, 9.17) is 0 Å². The molecule has 0 spiro atoms. The van der Waals surface area contributed by atoms with Crippen LogP contribution in [0.1, 0.15) is 58.3 Å². The molecule has 2 rings (SSSR count). The van der Waals surface area contributed by atoms with Crippen LogP contribution in [0, 0.1) is 6.92 Å². The normalized spacial score (nSPS) is 10.2. The van der Waals surface area contributed by atoms with Gasteiger partial charge >= 0.3 is 0 Å². The number of unbranched alkanes of at least 4 members (excludes halogenated alkanes) is 2. The minimum absolute atomic E-state index is 0.264. The summed E-state index contributed by atoms with van der Waals surface area (Å²) in [7, 11) is 0. The number of aryl methyl sites for hydroxylation is 2. The average molecular weight is 326 g/mol. The lowest BCUT2D eigenvalue weighted by Crippen LogP contribution is -2.42. The van der Waals surface area contributed by atoms with Crippen LogP contribution in [0.5, 0.6) is 0 Å². The number of nitrogens with one attached hydrogen (secondary N) is 2. The Morgan fingerprint density at radius 3 is 2.50 bits per heavy atom. The summed E-state index contributed by atoms with van der Waals surface area (Å²) < 4.78 is 0. The van der Waals surface area contributed by atoms with Gasteiger partial charge in [0.2, 0.25) is 0 Å². The van der Waals surface area contributed by atoms with Crippen LogP contribution >= 0.6 is 0 Å². The van der Waals surface area contributed by atoms with Crippen LogP contribution in [-0.2, 0) is 6.42 Å². The van der Waals surface area contributed by atoms with Crippen LogP contribution < -0.4 is 10.9 Å². The Hall–Kier alpha value is -2.76. The van der Waals surface area contributed by atoms with E-state index in [2.05, 4.69) is 27.7 Å². The van der Waals surface area contributed by atoms with Crippen molar-refractivity contribution >= 4 is 11.8 Å². The first-order valence-corrected chi connectivity index (χ1v) is 8.08. The van der Waals surface area contributed by atoms with Crippen molar-refractivity contribution in [2.45, 2.75) is 39.5 Å². The molecule has 0 aliphatic rings. The second-order valence-corrected chi connectivity index (χ2v) is 5.60. The largest absolute Gasteiger partial charge is 0.288 e. The third-order valence-corrected chi connectivity index (χ3v) is 3.57. The van der Waals surface area contributed by atoms with Gasteiger partial charge in [0.05, 0.1) is 0 Å². The SMILES string of the molecule is CCCCCc1ccc(C(=O)NNC(=O)c2ccnc(C)c2)nc1. The van der Waals surface area contributed by atoms with Gasteiger partial charge in [-0.25, -0.2) is 0 Å². The van der Waals surface area contributed by atoms with Gasteiger partial charge in [0.1, 0.15) is 5.69 Å². The highest BCUT2D eigenvalue weighted by Gasteiger charge is 2.10. The number of hydrogen-bond donors (Lipinski definition) is 2. The van der Waals surface area contributed by atoms with E-state index >= 15 is 0 Å². The van der Waals surface area contributed by atoms with Crippen LogP contribution in [0.15, 0.2) is 36.7 Å². The molecule has 0 aromatic carbocycles. The second-order valence-electron chi connectivity index (χ2n) is 5.60. The van der Waals surface area contributed by atoms with E-state index < -0.39 is 11.8 Å². The molecule has 2 aromatic heterocycles. The van der Waals surface area contributed by atoms with Crippen molar-refractivity contribution in [3.63, 3.8) is 0 Å². The molecule has 2 amide bonds. The van der Waals surface area contributed by atoms with Crippen LogP contribution in [0.25, 0.3) is 0 Å². The number of amides is 2. The summed E-state index contributed by atoms with van der Waals surface area (Å²) in [6.45, 7) is 3.95. The van der Waals surface area contributed by atoms with E-state index in [-0.39, 0.29) is 5.69 Å². The molecule has 6 nitrogen and oxygen atoms in total. The molecule has 0 aliphatic carbocycles. The average Bonchev–Trinajstić information content (AvgIpc) is 2.60. The predicted octanol–water partition coefficient (Wildman–Crippen LogP) is 2.59. The van der Waals surface area contributed by atoms with E-state index in [0.29, 0.717) is 5.56 Å². The summed E-state index contributed by atoms with van der Waals surface area (Å²) in [5.41, 5.74) is 7.28. The predicted molar refractivity (Wildman–Crippen MR) is 91.4 cm³/mol. The summed E-state index contributed by atoms with van der Waals surface area (Å²) in [6.07, 6.45) is 7.68. The Bertz CT molecular complexity index is 698. The van der Waals surface area contributed by atoms with E-state index in [0.717, 1.165) is 24.1 Å². The minimum Gasteiger partial charge on any atom is -0.267 e. The maximum atomic E-state index is 12.0. The maximum Gasteiger partial charge on any atom is 0.288 e. The molecule has 0 radical (unpaired) electrons. The lowest BCUT2D eigenvalue weighted by molar-refractivity contribution is 0.0844. The highest BCUT2D eigenvalue weighted by atomic mass is 16.2. The summed E-state index contributed by atoms with van der Waals surface area (Å²) in [5, 5.41) is 0. The standard InChI is InChI=1S/C18H22N4O2/c1-3-4-5-6-14-7-8-16(20-12-14)18(24)22-21-17(23)15-9-10-19-13(2)11-15/h7-12H,3-6H2,1-2H3,(H,21,23)(H,22,24). The first-order chi connectivity index (χ1) is 11.6. The summed E-state index contributed by atoms with van der Waals surface area (Å²) in [5.74, 6) is -0.848. The number of carbonyl (C=O) groups excluding carboxylic acids is 2. The van der Waals surface area contributed by atoms with Gasteiger partial charge in [0.25, 0.3) is 11.8 Å². The first kappa shape index (κ1) is 17.6. The van der Waals surface area contributed by atoms with Gasteiger partial charge < -0.3 is 0 Å². The van der Waals surface area contributed by atoms with E-state index in [1.807, 2.05) is 6.07 Å². The number of hydrogen-bond acceptors (Lipinski definition) is 4. The molecule has 0 bridgehead atoms. The molecular weight excluding hydrogens is 304 g/mol. The monoisotopic (exact) mass is 326 g/mol. The minimum atomic E-state index is -0.450. The summed E-state index contributed by atoms with van der Waals surface area (Å²) >= 11 is 0. The van der Waals surface area contributed by atoms with Gasteiger partial charge in [-0.1, -0.05) is 25.8 Å². The molecule has 0 saturated heterocycles. The van der Waals surface area contributed by atoms with Crippen molar-refractivity contribution in [2.24, 2.45) is 0 Å². The maximum absolute atomic E-state index is 12.0. The van der Waals surface area contributed by atoms with Crippen LogP contribution in [0.2, 0.25) is 0 Å². The zero-order chi connectivity index (χ0) is 17.4. The molecular formula is C18H22N4O2. The molecule has 2 aromatic rings. The molecule has 24 heavy (non-hydrogen) atoms.